The number of nitrogens with zero attached hydrogens (tertiary/aromatic N) is 2. The average Bonchev–Trinajstić information content (AvgIpc) is 2.95. The van der Waals surface area contributed by atoms with E-state index < -0.39 is 10.9 Å². The van der Waals surface area contributed by atoms with Crippen LogP contribution in [-0.2, 0) is 4.74 Å². The number of aromatic nitrogens is 1. The first kappa shape index (κ1) is 13.2. The van der Waals surface area contributed by atoms with E-state index in [9.17, 15) is 14.9 Å². The van der Waals surface area contributed by atoms with Crippen LogP contribution in [0.3, 0.4) is 0 Å². The molecule has 2 rings (SSSR count). The number of rotatable bonds is 4. The minimum absolute atomic E-state index is 0.0106. The summed E-state index contributed by atoms with van der Waals surface area (Å²) >= 11 is 0.934. The first-order chi connectivity index (χ1) is 9.02. The van der Waals surface area contributed by atoms with Crippen molar-refractivity contribution in [2.24, 2.45) is 0 Å². The highest BCUT2D eigenvalue weighted by Crippen LogP contribution is 2.33. The summed E-state index contributed by atoms with van der Waals surface area (Å²) in [6.07, 6.45) is 0. The molecule has 8 heteroatoms. The lowest BCUT2D eigenvalue weighted by Gasteiger charge is -1.96. The van der Waals surface area contributed by atoms with Gasteiger partial charge in [-0.1, -0.05) is 11.3 Å². The zero-order valence-electron chi connectivity index (χ0n) is 10.2. The van der Waals surface area contributed by atoms with Gasteiger partial charge in [-0.15, -0.1) is 0 Å². The second-order valence-corrected chi connectivity index (χ2v) is 4.61. The Morgan fingerprint density at radius 1 is 1.58 bits per heavy atom. The van der Waals surface area contributed by atoms with Gasteiger partial charge in [0.2, 0.25) is 11.7 Å². The number of carbonyl (C=O) groups is 1. The van der Waals surface area contributed by atoms with E-state index in [1.165, 1.54) is 12.1 Å². The third kappa shape index (κ3) is 2.63. The van der Waals surface area contributed by atoms with Gasteiger partial charge in [0.1, 0.15) is 0 Å². The van der Waals surface area contributed by atoms with Gasteiger partial charge in [0, 0.05) is 6.07 Å². The van der Waals surface area contributed by atoms with Crippen molar-refractivity contribution >= 4 is 22.3 Å². The van der Waals surface area contributed by atoms with Crippen LogP contribution in [-0.4, -0.2) is 22.5 Å². The van der Waals surface area contributed by atoms with Crippen molar-refractivity contribution in [1.29, 1.82) is 0 Å². The standard InChI is InChI=1S/C11H10N2O5S/c1-3-17-11(14)9-6(2)12-10(18-9)7-4-5-8(19-7)13(15)16/h4-5H,3H2,1-2H3. The fraction of sp³-hybridized carbons (Fsp3) is 0.273. The van der Waals surface area contributed by atoms with Gasteiger partial charge in [-0.05, 0) is 19.9 Å². The summed E-state index contributed by atoms with van der Waals surface area (Å²) in [5.74, 6) is -0.392. The fourth-order valence-electron chi connectivity index (χ4n) is 1.43. The van der Waals surface area contributed by atoms with Crippen molar-refractivity contribution < 1.29 is 18.9 Å². The highest BCUT2D eigenvalue weighted by molar-refractivity contribution is 7.18. The number of thiophene rings is 1. The maximum absolute atomic E-state index is 11.6. The number of nitro groups is 1. The van der Waals surface area contributed by atoms with Crippen molar-refractivity contribution in [1.82, 2.24) is 4.98 Å². The Kier molecular flexibility index (Phi) is 3.61. The number of esters is 1. The molecule has 19 heavy (non-hydrogen) atoms. The zero-order valence-corrected chi connectivity index (χ0v) is 11.0. The van der Waals surface area contributed by atoms with Crippen LogP contribution in [0.2, 0.25) is 0 Å². The largest absolute Gasteiger partial charge is 0.460 e. The van der Waals surface area contributed by atoms with Crippen LogP contribution in [0.5, 0.6) is 0 Å². The van der Waals surface area contributed by atoms with Crippen LogP contribution < -0.4 is 0 Å². The van der Waals surface area contributed by atoms with E-state index in [4.69, 9.17) is 9.15 Å². The second-order valence-electron chi connectivity index (χ2n) is 3.55. The molecule has 2 aromatic rings. The van der Waals surface area contributed by atoms with Gasteiger partial charge in [0.25, 0.3) is 0 Å². The number of aryl methyl sites for hydroxylation is 1. The summed E-state index contributed by atoms with van der Waals surface area (Å²) < 4.78 is 10.1. The Morgan fingerprint density at radius 3 is 2.89 bits per heavy atom. The highest BCUT2D eigenvalue weighted by atomic mass is 32.1. The van der Waals surface area contributed by atoms with Crippen molar-refractivity contribution in [3.8, 4) is 10.8 Å². The van der Waals surface area contributed by atoms with E-state index in [0.717, 1.165) is 11.3 Å². The molecular weight excluding hydrogens is 272 g/mol. The van der Waals surface area contributed by atoms with Crippen LogP contribution >= 0.6 is 11.3 Å². The Hall–Kier alpha value is -2.22. The summed E-state index contributed by atoms with van der Waals surface area (Å²) in [7, 11) is 0. The molecule has 0 bridgehead atoms. The lowest BCUT2D eigenvalue weighted by atomic mass is 10.4. The number of oxazole rings is 1. The predicted octanol–water partition coefficient (Wildman–Crippen LogP) is 2.80. The fourth-order valence-corrected chi connectivity index (χ4v) is 2.18. The van der Waals surface area contributed by atoms with Gasteiger partial charge in [-0.25, -0.2) is 9.78 Å². The maximum Gasteiger partial charge on any atom is 0.376 e. The van der Waals surface area contributed by atoms with E-state index >= 15 is 0 Å². The van der Waals surface area contributed by atoms with Gasteiger partial charge < -0.3 is 9.15 Å². The minimum Gasteiger partial charge on any atom is -0.460 e. The molecule has 0 fully saturated rings. The predicted molar refractivity (Wildman–Crippen MR) is 67.2 cm³/mol. The first-order valence-corrected chi connectivity index (χ1v) is 6.23. The summed E-state index contributed by atoms with van der Waals surface area (Å²) in [6.45, 7) is 3.53. The smallest absolute Gasteiger partial charge is 0.376 e. The molecule has 0 atom stereocenters. The minimum atomic E-state index is -0.593. The molecule has 0 amide bonds. The number of hydrogen-bond acceptors (Lipinski definition) is 7. The first-order valence-electron chi connectivity index (χ1n) is 5.42. The molecule has 2 heterocycles. The molecule has 0 unspecified atom stereocenters. The third-order valence-electron chi connectivity index (χ3n) is 2.24. The Bertz CT molecular complexity index is 631. The highest BCUT2D eigenvalue weighted by Gasteiger charge is 2.21. The topological polar surface area (TPSA) is 95.5 Å². The number of hydrogen-bond donors (Lipinski definition) is 0. The monoisotopic (exact) mass is 282 g/mol. The number of carbonyl (C=O) groups excluding carboxylic acids is 1. The molecule has 0 saturated heterocycles. The van der Waals surface area contributed by atoms with Crippen LogP contribution in [0.15, 0.2) is 16.5 Å². The molecule has 2 aromatic heterocycles. The van der Waals surface area contributed by atoms with Gasteiger partial charge in [0.05, 0.1) is 22.1 Å². The third-order valence-corrected chi connectivity index (χ3v) is 3.26. The SMILES string of the molecule is CCOC(=O)c1oc(-c2ccc([N+](=O)[O-])s2)nc1C. The van der Waals surface area contributed by atoms with E-state index in [1.54, 1.807) is 13.8 Å². The zero-order chi connectivity index (χ0) is 14.0. The van der Waals surface area contributed by atoms with E-state index in [1.807, 2.05) is 0 Å². The molecule has 0 aliphatic carbocycles. The maximum atomic E-state index is 11.6. The molecule has 0 spiro atoms. The van der Waals surface area contributed by atoms with Gasteiger partial charge in [0.15, 0.2) is 0 Å². The Balaban J connectivity index is 2.33. The van der Waals surface area contributed by atoms with E-state index in [-0.39, 0.29) is 23.3 Å². The summed E-state index contributed by atoms with van der Waals surface area (Å²) in [4.78, 5) is 26.2. The van der Waals surface area contributed by atoms with Crippen LogP contribution in [0.4, 0.5) is 5.00 Å². The van der Waals surface area contributed by atoms with Crippen LogP contribution in [0.25, 0.3) is 10.8 Å². The second kappa shape index (κ2) is 5.19. The Labute approximate surface area is 112 Å². The lowest BCUT2D eigenvalue weighted by Crippen LogP contribution is -2.04. The van der Waals surface area contributed by atoms with Crippen molar-refractivity contribution in [2.75, 3.05) is 6.61 Å². The van der Waals surface area contributed by atoms with Crippen LogP contribution in [0.1, 0.15) is 23.2 Å². The normalized spacial score (nSPS) is 10.4. The molecule has 100 valence electrons. The van der Waals surface area contributed by atoms with Gasteiger partial charge in [-0.2, -0.15) is 0 Å². The van der Waals surface area contributed by atoms with Crippen molar-refractivity contribution in [2.45, 2.75) is 13.8 Å². The lowest BCUT2D eigenvalue weighted by molar-refractivity contribution is -0.380. The molecule has 7 nitrogen and oxygen atoms in total. The number of ether oxygens (including phenoxy) is 1. The molecule has 0 aliphatic heterocycles. The van der Waals surface area contributed by atoms with Crippen molar-refractivity contribution in [3.05, 3.63) is 33.7 Å². The molecule has 0 saturated carbocycles. The van der Waals surface area contributed by atoms with Gasteiger partial charge >= 0.3 is 11.0 Å². The van der Waals surface area contributed by atoms with Gasteiger partial charge in [-0.3, -0.25) is 10.1 Å². The summed E-state index contributed by atoms with van der Waals surface area (Å²) in [5.41, 5.74) is 0.393. The Morgan fingerprint density at radius 2 is 2.32 bits per heavy atom. The molecular formula is C11H10N2O5S. The van der Waals surface area contributed by atoms with E-state index in [0.29, 0.717) is 10.6 Å². The van der Waals surface area contributed by atoms with Crippen LogP contribution in [0, 0.1) is 17.0 Å². The summed E-state index contributed by atoms with van der Waals surface area (Å²) in [5, 5.41) is 10.6. The molecule has 0 radical (unpaired) electrons. The summed E-state index contributed by atoms with van der Waals surface area (Å²) in [6, 6.07) is 2.90. The average molecular weight is 282 g/mol. The quantitative estimate of drug-likeness (QED) is 0.486. The van der Waals surface area contributed by atoms with Crippen molar-refractivity contribution in [3.63, 3.8) is 0 Å². The molecule has 0 aromatic carbocycles. The van der Waals surface area contributed by atoms with E-state index in [2.05, 4.69) is 4.98 Å². The molecule has 0 N–H and O–H groups in total. The molecule has 0 aliphatic rings.